The molecule has 15 heteroatoms. The first-order chi connectivity index (χ1) is 23.7. The summed E-state index contributed by atoms with van der Waals surface area (Å²) >= 11 is 0. The van der Waals surface area contributed by atoms with E-state index in [9.17, 15) is 28.0 Å². The van der Waals surface area contributed by atoms with Gasteiger partial charge in [0, 0.05) is 5.41 Å². The Hall–Kier alpha value is -4.01. The van der Waals surface area contributed by atoms with Crippen molar-refractivity contribution in [1.82, 2.24) is 5.16 Å². The first-order valence-electron chi connectivity index (χ1n) is 17.2. The summed E-state index contributed by atoms with van der Waals surface area (Å²) in [5, 5.41) is 18.9. The van der Waals surface area contributed by atoms with Gasteiger partial charge in [-0.2, -0.15) is 0 Å². The van der Waals surface area contributed by atoms with Gasteiger partial charge in [0.2, 0.25) is 0 Å². The Balaban J connectivity index is 0.992. The van der Waals surface area contributed by atoms with Gasteiger partial charge in [-0.05, 0) is 98.0 Å². The number of oxime groups is 1. The van der Waals surface area contributed by atoms with E-state index < -0.39 is 38.1 Å². The summed E-state index contributed by atoms with van der Waals surface area (Å²) in [5.41, 5.74) is 0.317. The van der Waals surface area contributed by atoms with Gasteiger partial charge in [-0.15, -0.1) is 0 Å². The maximum atomic E-state index is 13.0. The second-order valence-corrected chi connectivity index (χ2v) is 17.0. The molecule has 6 atom stereocenters. The Morgan fingerprint density at radius 1 is 1.00 bits per heavy atom. The number of rotatable bonds is 11. The van der Waals surface area contributed by atoms with Crippen LogP contribution in [0.25, 0.3) is 0 Å². The largest absolute Gasteiger partial charge is 0.469 e. The van der Waals surface area contributed by atoms with Crippen molar-refractivity contribution in [2.24, 2.45) is 38.7 Å². The number of methoxy groups -OCH3 is 1. The topological polar surface area (TPSA) is 188 Å². The first-order valence-corrected chi connectivity index (χ1v) is 18.7. The van der Waals surface area contributed by atoms with E-state index >= 15 is 0 Å². The molecule has 4 saturated carbocycles. The van der Waals surface area contributed by atoms with Gasteiger partial charge >= 0.3 is 28.8 Å². The first kappa shape index (κ1) is 35.8. The molecule has 4 aliphatic rings. The lowest BCUT2D eigenvalue weighted by Crippen LogP contribution is -2.58. The van der Waals surface area contributed by atoms with Crippen LogP contribution < -0.4 is 9.64 Å². The molecule has 4 fully saturated rings. The van der Waals surface area contributed by atoms with Gasteiger partial charge < -0.3 is 24.3 Å². The van der Waals surface area contributed by atoms with Crippen LogP contribution >= 0.6 is 0 Å². The molecule has 0 radical (unpaired) electrons. The second-order valence-electron chi connectivity index (χ2n) is 15.2. The summed E-state index contributed by atoms with van der Waals surface area (Å²) < 4.78 is 45.8. The molecule has 1 aromatic heterocycles. The Morgan fingerprint density at radius 3 is 2.46 bits per heavy atom. The molecule has 2 bridgehead atoms. The van der Waals surface area contributed by atoms with Crippen LogP contribution in [-0.2, 0) is 38.5 Å². The van der Waals surface area contributed by atoms with Crippen LogP contribution in [0, 0.1) is 38.7 Å². The summed E-state index contributed by atoms with van der Waals surface area (Å²) in [7, 11) is -2.80. The molecule has 4 aliphatic carbocycles. The van der Waals surface area contributed by atoms with E-state index in [-0.39, 0.29) is 64.0 Å². The van der Waals surface area contributed by atoms with Gasteiger partial charge in [-0.1, -0.05) is 43.6 Å². The second kappa shape index (κ2) is 13.3. The Labute approximate surface area is 291 Å². The molecule has 0 saturated heterocycles. The van der Waals surface area contributed by atoms with Gasteiger partial charge in [0.05, 0.1) is 41.1 Å². The summed E-state index contributed by atoms with van der Waals surface area (Å²) in [6, 6.07) is 7.24. The Morgan fingerprint density at radius 2 is 1.72 bits per heavy atom. The fourth-order valence-electron chi connectivity index (χ4n) is 10.1. The monoisotopic (exact) mass is 715 g/mol. The number of aromatic nitrogens is 2. The van der Waals surface area contributed by atoms with Crippen molar-refractivity contribution in [3.63, 3.8) is 0 Å². The highest BCUT2D eigenvalue weighted by atomic mass is 32.2. The van der Waals surface area contributed by atoms with Crippen molar-refractivity contribution in [3.05, 3.63) is 35.5 Å². The van der Waals surface area contributed by atoms with Crippen molar-refractivity contribution in [3.8, 4) is 5.88 Å². The van der Waals surface area contributed by atoms with Crippen LogP contribution in [-0.4, -0.2) is 57.5 Å². The fraction of sp³-hybridized carbons (Fsp3) is 0.657. The molecule has 50 heavy (non-hydrogen) atoms. The summed E-state index contributed by atoms with van der Waals surface area (Å²) in [6.45, 7) is 6.06. The van der Waals surface area contributed by atoms with Crippen molar-refractivity contribution >= 4 is 33.5 Å². The minimum atomic E-state index is -4.29. The van der Waals surface area contributed by atoms with E-state index in [1.165, 1.54) is 31.4 Å². The van der Waals surface area contributed by atoms with Gasteiger partial charge in [0.1, 0.15) is 13.2 Å². The molecular weight excluding hydrogens is 670 g/mol. The standard InChI is InChI=1S/C35H45N3O11S/c1-32-17-13-25-33(2)15-8-16-34(3,31(41)45-4)24(33)14-18-35(25,22-32)21-26(32)36-48-28(40)12-11-27(39)46-19-20-47-29-30(38(42)49-37-29)50(43,44)23-9-6-5-7-10-23/h5-7,9-10,24-25H,8,11-22H2,1-4H3/b36-26+/t24-,25-,32-,33+,34+,35-/m0/s1. The van der Waals surface area contributed by atoms with E-state index in [0.29, 0.717) is 5.92 Å². The Kier molecular flexibility index (Phi) is 9.50. The van der Waals surface area contributed by atoms with E-state index in [0.717, 1.165) is 63.5 Å². The average Bonchev–Trinajstić information content (AvgIpc) is 3.56. The molecule has 0 amide bonds. The number of hydrogen-bond acceptors (Lipinski definition) is 13. The molecule has 0 N–H and O–H groups in total. The molecule has 1 heterocycles. The number of fused-ring (bicyclic) bond motifs is 3. The lowest BCUT2D eigenvalue weighted by Gasteiger charge is -2.64. The lowest BCUT2D eigenvalue weighted by atomic mass is 9.40. The van der Waals surface area contributed by atoms with Crippen LogP contribution in [0.1, 0.15) is 91.4 Å². The average molecular weight is 716 g/mol. The summed E-state index contributed by atoms with van der Waals surface area (Å²) in [5.74, 6) is -1.31. The van der Waals surface area contributed by atoms with E-state index in [2.05, 4.69) is 35.7 Å². The fourth-order valence-corrected chi connectivity index (χ4v) is 11.4. The molecule has 272 valence electrons. The van der Waals surface area contributed by atoms with E-state index in [4.69, 9.17) is 19.0 Å². The SMILES string of the molecule is COC(=O)[C@]1(C)CCC[C@@]2(C)[C@@H]3CC[C@@]4(C)C[C@]3(CC[C@@H]21)C/C4=N\OC(=O)CCC(=O)OCCOc1no[n+]([O-])c1S(=O)(=O)c1ccccc1. The zero-order valence-electron chi connectivity index (χ0n) is 29.0. The molecule has 0 unspecified atom stereocenters. The number of sulfone groups is 1. The normalized spacial score (nSPS) is 32.4. The minimum absolute atomic E-state index is 0.0213. The quantitative estimate of drug-likeness (QED) is 0.103. The predicted molar refractivity (Wildman–Crippen MR) is 174 cm³/mol. The third-order valence-corrected chi connectivity index (χ3v) is 14.0. The predicted octanol–water partition coefficient (Wildman–Crippen LogP) is 4.72. The summed E-state index contributed by atoms with van der Waals surface area (Å²) in [6.07, 6.45) is 8.12. The van der Waals surface area contributed by atoms with Gasteiger partial charge in [-0.25, -0.2) is 13.2 Å². The van der Waals surface area contributed by atoms with Gasteiger partial charge in [0.25, 0.3) is 9.84 Å². The van der Waals surface area contributed by atoms with Gasteiger partial charge in [-0.3, -0.25) is 14.2 Å². The van der Waals surface area contributed by atoms with E-state index in [1.807, 2.05) is 0 Å². The Bertz CT molecular complexity index is 1780. The zero-order valence-corrected chi connectivity index (χ0v) is 29.8. The molecule has 1 aromatic carbocycles. The smallest absolute Gasteiger partial charge is 0.415 e. The molecule has 6 rings (SSSR count). The zero-order chi connectivity index (χ0) is 36.0. The number of carbonyl (C=O) groups is 3. The van der Waals surface area contributed by atoms with Crippen molar-refractivity contribution in [1.29, 1.82) is 0 Å². The number of ether oxygens (including phenoxy) is 3. The third kappa shape index (κ3) is 6.15. The van der Waals surface area contributed by atoms with Crippen LogP contribution in [0.15, 0.2) is 50.0 Å². The van der Waals surface area contributed by atoms with Crippen LogP contribution in [0.2, 0.25) is 0 Å². The number of benzene rings is 1. The molecular formula is C35H45N3O11S. The molecule has 1 spiro atoms. The number of carbonyl (C=O) groups excluding carboxylic acids is 3. The summed E-state index contributed by atoms with van der Waals surface area (Å²) in [4.78, 5) is 42.9. The van der Waals surface area contributed by atoms with Crippen molar-refractivity contribution in [2.45, 2.75) is 101 Å². The maximum Gasteiger partial charge on any atom is 0.415 e. The third-order valence-electron chi connectivity index (χ3n) is 12.3. The van der Waals surface area contributed by atoms with E-state index in [1.54, 1.807) is 6.07 Å². The number of esters is 2. The van der Waals surface area contributed by atoms with Crippen LogP contribution in [0.4, 0.5) is 0 Å². The highest BCUT2D eigenvalue weighted by molar-refractivity contribution is 7.91. The van der Waals surface area contributed by atoms with Crippen LogP contribution in [0.5, 0.6) is 5.88 Å². The maximum absolute atomic E-state index is 13.0. The molecule has 14 nitrogen and oxygen atoms in total. The highest BCUT2D eigenvalue weighted by Crippen LogP contribution is 2.73. The van der Waals surface area contributed by atoms with Crippen molar-refractivity contribution in [2.75, 3.05) is 20.3 Å². The highest BCUT2D eigenvalue weighted by Gasteiger charge is 2.67. The minimum Gasteiger partial charge on any atom is -0.469 e. The molecule has 0 aliphatic heterocycles. The van der Waals surface area contributed by atoms with Crippen molar-refractivity contribution < 1.29 is 51.4 Å². The number of hydrogen-bond donors (Lipinski definition) is 0. The lowest BCUT2D eigenvalue weighted by molar-refractivity contribution is -0.832. The van der Waals surface area contributed by atoms with Gasteiger partial charge in [0.15, 0.2) is 0 Å². The number of nitrogens with zero attached hydrogens (tertiary/aromatic N) is 3. The molecule has 2 aromatic rings. The van der Waals surface area contributed by atoms with Crippen LogP contribution in [0.3, 0.4) is 0 Å².